The van der Waals surface area contributed by atoms with Crippen molar-refractivity contribution in [3.8, 4) is 0 Å². The summed E-state index contributed by atoms with van der Waals surface area (Å²) in [7, 11) is 1.59. The third-order valence-corrected chi connectivity index (χ3v) is 3.35. The molecule has 0 aromatic carbocycles. The second kappa shape index (κ2) is 6.12. The molecule has 0 fully saturated rings. The number of nitrogens with one attached hydrogen (secondary N) is 1. The van der Waals surface area contributed by atoms with Gasteiger partial charge in [-0.05, 0) is 19.8 Å². The van der Waals surface area contributed by atoms with Gasteiger partial charge in [0.15, 0.2) is 5.82 Å². The fourth-order valence-corrected chi connectivity index (χ4v) is 2.25. The Morgan fingerprint density at radius 3 is 3.11 bits per heavy atom. The Kier molecular flexibility index (Phi) is 4.49. The van der Waals surface area contributed by atoms with E-state index < -0.39 is 6.04 Å². The van der Waals surface area contributed by atoms with Crippen LogP contribution in [0.3, 0.4) is 0 Å². The summed E-state index contributed by atoms with van der Waals surface area (Å²) in [6.07, 6.45) is 2.56. The Balaban J connectivity index is 1.93. The molecule has 2 unspecified atom stereocenters. The van der Waals surface area contributed by atoms with Crippen LogP contribution in [0.4, 0.5) is 0 Å². The predicted molar refractivity (Wildman–Crippen MR) is 69.4 cm³/mol. The van der Waals surface area contributed by atoms with E-state index in [4.69, 9.17) is 10.5 Å². The molecule has 1 aromatic heterocycles. The first-order valence-corrected chi connectivity index (χ1v) is 6.60. The molecule has 0 spiro atoms. The zero-order valence-corrected chi connectivity index (χ0v) is 11.4. The van der Waals surface area contributed by atoms with Crippen molar-refractivity contribution in [2.75, 3.05) is 13.7 Å². The van der Waals surface area contributed by atoms with Crippen molar-refractivity contribution in [1.29, 1.82) is 0 Å². The Morgan fingerprint density at radius 1 is 1.58 bits per heavy atom. The molecule has 1 amide bonds. The molecule has 0 aliphatic carbocycles. The first kappa shape index (κ1) is 14.0. The van der Waals surface area contributed by atoms with E-state index in [-0.39, 0.29) is 11.9 Å². The van der Waals surface area contributed by atoms with Crippen LogP contribution in [0.1, 0.15) is 37.5 Å². The quantitative estimate of drug-likeness (QED) is 0.742. The predicted octanol–water partition coefficient (Wildman–Crippen LogP) is -0.235. The average Bonchev–Trinajstić information content (AvgIpc) is 2.97. The van der Waals surface area contributed by atoms with Gasteiger partial charge >= 0.3 is 0 Å². The molecule has 2 heterocycles. The highest BCUT2D eigenvalue weighted by molar-refractivity contribution is 5.81. The molecular weight excluding hydrogens is 246 g/mol. The van der Waals surface area contributed by atoms with E-state index in [0.29, 0.717) is 13.0 Å². The van der Waals surface area contributed by atoms with E-state index in [1.807, 2.05) is 6.92 Å². The van der Waals surface area contributed by atoms with Gasteiger partial charge in [0, 0.05) is 26.7 Å². The number of rotatable bonds is 6. The molecular formula is C12H21N5O2. The van der Waals surface area contributed by atoms with Crippen LogP contribution in [-0.4, -0.2) is 40.4 Å². The van der Waals surface area contributed by atoms with Gasteiger partial charge < -0.3 is 20.4 Å². The van der Waals surface area contributed by atoms with E-state index in [0.717, 1.165) is 31.0 Å². The SMILES string of the molecule is COCCC(N)C(=O)NC(C)c1nnc2n1CCC2. The number of hydrogen-bond acceptors (Lipinski definition) is 5. The Hall–Kier alpha value is -1.47. The third kappa shape index (κ3) is 3.10. The zero-order valence-electron chi connectivity index (χ0n) is 11.4. The minimum Gasteiger partial charge on any atom is -0.385 e. The topological polar surface area (TPSA) is 95.1 Å². The number of nitrogens with two attached hydrogens (primary N) is 1. The van der Waals surface area contributed by atoms with Gasteiger partial charge in [0.05, 0.1) is 12.1 Å². The van der Waals surface area contributed by atoms with Gasteiger partial charge in [-0.25, -0.2) is 0 Å². The van der Waals surface area contributed by atoms with E-state index in [1.54, 1.807) is 7.11 Å². The first-order valence-electron chi connectivity index (χ1n) is 6.60. The Morgan fingerprint density at radius 2 is 2.37 bits per heavy atom. The van der Waals surface area contributed by atoms with Crippen molar-refractivity contribution >= 4 is 5.91 Å². The van der Waals surface area contributed by atoms with Crippen molar-refractivity contribution in [2.45, 2.75) is 44.8 Å². The van der Waals surface area contributed by atoms with Crippen LogP contribution < -0.4 is 11.1 Å². The van der Waals surface area contributed by atoms with Gasteiger partial charge in [0.1, 0.15) is 5.82 Å². The van der Waals surface area contributed by atoms with Gasteiger partial charge in [0.25, 0.3) is 0 Å². The number of aryl methyl sites for hydroxylation is 1. The lowest BCUT2D eigenvalue weighted by molar-refractivity contribution is -0.123. The maximum atomic E-state index is 11.9. The Bertz CT molecular complexity index is 445. The van der Waals surface area contributed by atoms with Crippen molar-refractivity contribution in [1.82, 2.24) is 20.1 Å². The van der Waals surface area contributed by atoms with Crippen molar-refractivity contribution < 1.29 is 9.53 Å². The summed E-state index contributed by atoms with van der Waals surface area (Å²) in [5, 5.41) is 11.2. The number of amides is 1. The molecule has 2 atom stereocenters. The highest BCUT2D eigenvalue weighted by atomic mass is 16.5. The van der Waals surface area contributed by atoms with E-state index in [9.17, 15) is 4.79 Å². The average molecular weight is 267 g/mol. The minimum atomic E-state index is -0.552. The lowest BCUT2D eigenvalue weighted by Crippen LogP contribution is -2.42. The van der Waals surface area contributed by atoms with Gasteiger partial charge in [0.2, 0.25) is 5.91 Å². The lowest BCUT2D eigenvalue weighted by Gasteiger charge is -2.17. The first-order chi connectivity index (χ1) is 9.13. The summed E-state index contributed by atoms with van der Waals surface area (Å²) < 4.78 is 6.99. The number of aromatic nitrogens is 3. The monoisotopic (exact) mass is 267 g/mol. The summed E-state index contributed by atoms with van der Waals surface area (Å²) in [5.41, 5.74) is 5.78. The fraction of sp³-hybridized carbons (Fsp3) is 0.750. The summed E-state index contributed by atoms with van der Waals surface area (Å²) in [6.45, 7) is 3.30. The second-order valence-corrected chi connectivity index (χ2v) is 4.85. The normalized spacial score (nSPS) is 17.0. The molecule has 0 saturated heterocycles. The molecule has 1 aromatic rings. The largest absolute Gasteiger partial charge is 0.385 e. The second-order valence-electron chi connectivity index (χ2n) is 4.85. The molecule has 0 saturated carbocycles. The molecule has 106 valence electrons. The van der Waals surface area contributed by atoms with E-state index >= 15 is 0 Å². The van der Waals surface area contributed by atoms with Crippen LogP contribution in [0.25, 0.3) is 0 Å². The van der Waals surface area contributed by atoms with Crippen LogP contribution in [0, 0.1) is 0 Å². The van der Waals surface area contributed by atoms with Crippen LogP contribution in [0.2, 0.25) is 0 Å². The zero-order chi connectivity index (χ0) is 13.8. The molecule has 2 rings (SSSR count). The number of nitrogens with zero attached hydrogens (tertiary/aromatic N) is 3. The number of ether oxygens (including phenoxy) is 1. The number of methoxy groups -OCH3 is 1. The smallest absolute Gasteiger partial charge is 0.237 e. The van der Waals surface area contributed by atoms with Gasteiger partial charge in [-0.1, -0.05) is 0 Å². The number of carbonyl (C=O) groups is 1. The summed E-state index contributed by atoms with van der Waals surface area (Å²) in [4.78, 5) is 11.9. The van der Waals surface area contributed by atoms with Gasteiger partial charge in [-0.2, -0.15) is 0 Å². The molecule has 1 aliphatic rings. The molecule has 0 bridgehead atoms. The molecule has 7 nitrogen and oxygen atoms in total. The highest BCUT2D eigenvalue weighted by Gasteiger charge is 2.23. The van der Waals surface area contributed by atoms with E-state index in [2.05, 4.69) is 20.1 Å². The van der Waals surface area contributed by atoms with Crippen LogP contribution in [0.5, 0.6) is 0 Å². The van der Waals surface area contributed by atoms with Gasteiger partial charge in [-0.15, -0.1) is 10.2 Å². The lowest BCUT2D eigenvalue weighted by atomic mass is 10.2. The molecule has 0 radical (unpaired) electrons. The summed E-state index contributed by atoms with van der Waals surface area (Å²) in [5.74, 6) is 1.62. The van der Waals surface area contributed by atoms with Crippen molar-refractivity contribution in [2.24, 2.45) is 5.73 Å². The van der Waals surface area contributed by atoms with Crippen LogP contribution in [0.15, 0.2) is 0 Å². The molecule has 7 heteroatoms. The van der Waals surface area contributed by atoms with Crippen LogP contribution >= 0.6 is 0 Å². The highest BCUT2D eigenvalue weighted by Crippen LogP contribution is 2.18. The number of hydrogen-bond donors (Lipinski definition) is 2. The van der Waals surface area contributed by atoms with Gasteiger partial charge in [-0.3, -0.25) is 4.79 Å². The minimum absolute atomic E-state index is 0.180. The maximum absolute atomic E-state index is 11.9. The third-order valence-electron chi connectivity index (χ3n) is 3.35. The summed E-state index contributed by atoms with van der Waals surface area (Å²) in [6, 6.07) is -0.733. The molecule has 3 N–H and O–H groups in total. The fourth-order valence-electron chi connectivity index (χ4n) is 2.25. The molecule has 1 aliphatic heterocycles. The van der Waals surface area contributed by atoms with E-state index in [1.165, 1.54) is 0 Å². The van der Waals surface area contributed by atoms with Crippen molar-refractivity contribution in [3.05, 3.63) is 11.6 Å². The van der Waals surface area contributed by atoms with Crippen molar-refractivity contribution in [3.63, 3.8) is 0 Å². The standard InChI is InChI=1S/C12H21N5O2/c1-8(14-12(18)9(13)5-7-19-2)11-16-15-10-4-3-6-17(10)11/h8-9H,3-7,13H2,1-2H3,(H,14,18). The number of fused-ring (bicyclic) bond motifs is 1. The Labute approximate surface area is 112 Å². The molecule has 19 heavy (non-hydrogen) atoms. The van der Waals surface area contributed by atoms with Crippen LogP contribution in [-0.2, 0) is 22.5 Å². The number of carbonyl (C=O) groups excluding carboxylic acids is 1. The summed E-state index contributed by atoms with van der Waals surface area (Å²) >= 11 is 0. The maximum Gasteiger partial charge on any atom is 0.237 e.